The highest BCUT2D eigenvalue weighted by molar-refractivity contribution is 5.31. The van der Waals surface area contributed by atoms with Crippen molar-refractivity contribution in [2.75, 3.05) is 7.05 Å². The Labute approximate surface area is 124 Å². The maximum atomic E-state index is 13.3. The standard InChI is InChI=1S/C17H23F2NO/c1-20-16(12-7-9-17(18,19)10-8-12)13-3-2-4-15(11-13)21-14-5-6-14/h2-4,11-12,14,16,20H,5-10H2,1H3. The number of ether oxygens (including phenoxy) is 1. The van der Waals surface area contributed by atoms with Gasteiger partial charge in [0.2, 0.25) is 5.92 Å². The summed E-state index contributed by atoms with van der Waals surface area (Å²) < 4.78 is 32.5. The van der Waals surface area contributed by atoms with Gasteiger partial charge in [-0.15, -0.1) is 0 Å². The highest BCUT2D eigenvalue weighted by atomic mass is 19.3. The van der Waals surface area contributed by atoms with E-state index in [0.717, 1.165) is 24.2 Å². The summed E-state index contributed by atoms with van der Waals surface area (Å²) >= 11 is 0. The van der Waals surface area contributed by atoms with Crippen LogP contribution < -0.4 is 10.1 Å². The SMILES string of the molecule is CNC(c1cccc(OC2CC2)c1)C1CCC(F)(F)CC1. The molecule has 0 saturated heterocycles. The highest BCUT2D eigenvalue weighted by Crippen LogP contribution is 2.41. The van der Waals surface area contributed by atoms with E-state index in [1.807, 2.05) is 19.2 Å². The second kappa shape index (κ2) is 5.91. The van der Waals surface area contributed by atoms with Gasteiger partial charge in [-0.1, -0.05) is 12.1 Å². The number of nitrogens with one attached hydrogen (secondary N) is 1. The maximum Gasteiger partial charge on any atom is 0.248 e. The van der Waals surface area contributed by atoms with E-state index in [2.05, 4.69) is 17.4 Å². The molecule has 1 N–H and O–H groups in total. The lowest BCUT2D eigenvalue weighted by molar-refractivity contribution is -0.0495. The fraction of sp³-hybridized carbons (Fsp3) is 0.647. The van der Waals surface area contributed by atoms with Gasteiger partial charge in [-0.3, -0.25) is 0 Å². The zero-order valence-corrected chi connectivity index (χ0v) is 12.4. The Bertz CT molecular complexity index is 477. The Kier molecular flexibility index (Phi) is 4.16. The molecule has 1 aromatic rings. The molecule has 4 heteroatoms. The van der Waals surface area contributed by atoms with Gasteiger partial charge >= 0.3 is 0 Å². The molecular weight excluding hydrogens is 272 g/mol. The third kappa shape index (κ3) is 3.73. The van der Waals surface area contributed by atoms with Crippen molar-refractivity contribution in [1.29, 1.82) is 0 Å². The number of rotatable bonds is 5. The third-order valence-corrected chi connectivity index (χ3v) is 4.59. The van der Waals surface area contributed by atoms with E-state index in [-0.39, 0.29) is 24.8 Å². The Hall–Kier alpha value is -1.16. The maximum absolute atomic E-state index is 13.3. The molecule has 0 amide bonds. The van der Waals surface area contributed by atoms with E-state index in [9.17, 15) is 8.78 Å². The summed E-state index contributed by atoms with van der Waals surface area (Å²) in [5.41, 5.74) is 1.14. The molecule has 2 saturated carbocycles. The number of alkyl halides is 2. The summed E-state index contributed by atoms with van der Waals surface area (Å²) in [6.07, 6.45) is 3.82. The molecule has 0 bridgehead atoms. The van der Waals surface area contributed by atoms with Crippen molar-refractivity contribution >= 4 is 0 Å². The van der Waals surface area contributed by atoms with Gasteiger partial charge in [-0.2, -0.15) is 0 Å². The summed E-state index contributed by atoms with van der Waals surface area (Å²) in [6, 6.07) is 8.22. The van der Waals surface area contributed by atoms with Crippen LogP contribution >= 0.6 is 0 Å². The molecule has 0 aliphatic heterocycles. The molecule has 0 heterocycles. The summed E-state index contributed by atoms with van der Waals surface area (Å²) in [5, 5.41) is 3.31. The minimum Gasteiger partial charge on any atom is -0.490 e. The molecule has 0 radical (unpaired) electrons. The Morgan fingerprint density at radius 1 is 1.19 bits per heavy atom. The van der Waals surface area contributed by atoms with Crippen LogP contribution in [-0.4, -0.2) is 19.1 Å². The predicted octanol–water partition coefficient (Wildman–Crippen LogP) is 4.31. The normalized spacial score (nSPS) is 23.8. The van der Waals surface area contributed by atoms with Crippen LogP contribution in [0.2, 0.25) is 0 Å². The van der Waals surface area contributed by atoms with Gasteiger partial charge in [0.15, 0.2) is 0 Å². The van der Waals surface area contributed by atoms with Gasteiger partial charge in [0.05, 0.1) is 6.10 Å². The number of hydrogen-bond donors (Lipinski definition) is 1. The number of hydrogen-bond acceptors (Lipinski definition) is 2. The van der Waals surface area contributed by atoms with E-state index >= 15 is 0 Å². The molecule has 1 atom stereocenters. The molecule has 1 aromatic carbocycles. The number of benzene rings is 1. The highest BCUT2D eigenvalue weighted by Gasteiger charge is 2.37. The summed E-state index contributed by atoms with van der Waals surface area (Å²) in [7, 11) is 1.91. The third-order valence-electron chi connectivity index (χ3n) is 4.59. The lowest BCUT2D eigenvalue weighted by Crippen LogP contribution is -2.32. The van der Waals surface area contributed by atoms with Crippen LogP contribution in [-0.2, 0) is 0 Å². The van der Waals surface area contributed by atoms with Gasteiger partial charge in [-0.05, 0) is 56.3 Å². The second-order valence-corrected chi connectivity index (χ2v) is 6.35. The topological polar surface area (TPSA) is 21.3 Å². The van der Waals surface area contributed by atoms with Gasteiger partial charge in [0.1, 0.15) is 5.75 Å². The fourth-order valence-electron chi connectivity index (χ4n) is 3.23. The first-order valence-corrected chi connectivity index (χ1v) is 7.89. The van der Waals surface area contributed by atoms with Crippen molar-refractivity contribution in [3.63, 3.8) is 0 Å². The lowest BCUT2D eigenvalue weighted by atomic mass is 9.79. The van der Waals surface area contributed by atoms with Gasteiger partial charge in [-0.25, -0.2) is 8.78 Å². The van der Waals surface area contributed by atoms with E-state index in [1.165, 1.54) is 0 Å². The minimum atomic E-state index is -2.47. The lowest BCUT2D eigenvalue weighted by Gasteiger charge is -2.34. The smallest absolute Gasteiger partial charge is 0.248 e. The van der Waals surface area contributed by atoms with E-state index in [4.69, 9.17) is 4.74 Å². The van der Waals surface area contributed by atoms with Crippen LogP contribution in [0.15, 0.2) is 24.3 Å². The number of halogens is 2. The first-order valence-electron chi connectivity index (χ1n) is 7.89. The molecule has 2 aliphatic carbocycles. The Morgan fingerprint density at radius 3 is 2.52 bits per heavy atom. The van der Waals surface area contributed by atoms with Crippen molar-refractivity contribution < 1.29 is 13.5 Å². The summed E-state index contributed by atoms with van der Waals surface area (Å²) in [5.74, 6) is -1.30. The van der Waals surface area contributed by atoms with Crippen LogP contribution in [0.25, 0.3) is 0 Å². The first kappa shape index (κ1) is 14.8. The van der Waals surface area contributed by atoms with E-state index in [1.54, 1.807) is 0 Å². The molecule has 2 fully saturated rings. The first-order chi connectivity index (χ1) is 10.1. The van der Waals surface area contributed by atoms with Crippen molar-refractivity contribution in [2.45, 2.75) is 56.6 Å². The predicted molar refractivity (Wildman–Crippen MR) is 78.8 cm³/mol. The Balaban J connectivity index is 1.70. The summed E-state index contributed by atoms with van der Waals surface area (Å²) in [6.45, 7) is 0. The average Bonchev–Trinajstić information content (AvgIpc) is 3.26. The van der Waals surface area contributed by atoms with Gasteiger partial charge < -0.3 is 10.1 Å². The van der Waals surface area contributed by atoms with Crippen molar-refractivity contribution in [3.05, 3.63) is 29.8 Å². The van der Waals surface area contributed by atoms with Crippen LogP contribution in [0, 0.1) is 5.92 Å². The quantitative estimate of drug-likeness (QED) is 0.873. The molecule has 0 aromatic heterocycles. The van der Waals surface area contributed by atoms with Crippen molar-refractivity contribution in [1.82, 2.24) is 5.32 Å². The van der Waals surface area contributed by atoms with Crippen LogP contribution in [0.1, 0.15) is 50.1 Å². The minimum absolute atomic E-state index is 0.00805. The molecule has 116 valence electrons. The van der Waals surface area contributed by atoms with E-state index in [0.29, 0.717) is 18.9 Å². The Morgan fingerprint density at radius 2 is 1.90 bits per heavy atom. The monoisotopic (exact) mass is 295 g/mol. The molecule has 0 spiro atoms. The molecule has 2 nitrogen and oxygen atoms in total. The van der Waals surface area contributed by atoms with Crippen molar-refractivity contribution in [2.24, 2.45) is 5.92 Å². The molecule has 3 rings (SSSR count). The zero-order valence-electron chi connectivity index (χ0n) is 12.4. The van der Waals surface area contributed by atoms with Crippen LogP contribution in [0.3, 0.4) is 0 Å². The van der Waals surface area contributed by atoms with Crippen molar-refractivity contribution in [3.8, 4) is 5.75 Å². The average molecular weight is 295 g/mol. The molecule has 1 unspecified atom stereocenters. The largest absolute Gasteiger partial charge is 0.490 e. The van der Waals surface area contributed by atoms with Gasteiger partial charge in [0, 0.05) is 18.9 Å². The molecular formula is C17H23F2NO. The molecule has 21 heavy (non-hydrogen) atoms. The zero-order chi connectivity index (χ0) is 14.9. The fourth-order valence-corrected chi connectivity index (χ4v) is 3.23. The van der Waals surface area contributed by atoms with E-state index < -0.39 is 5.92 Å². The molecule has 2 aliphatic rings. The van der Waals surface area contributed by atoms with Gasteiger partial charge in [0.25, 0.3) is 0 Å². The van der Waals surface area contributed by atoms with Crippen LogP contribution in [0.5, 0.6) is 5.75 Å². The second-order valence-electron chi connectivity index (χ2n) is 6.35. The van der Waals surface area contributed by atoms with Crippen LogP contribution in [0.4, 0.5) is 8.78 Å². The summed E-state index contributed by atoms with van der Waals surface area (Å²) in [4.78, 5) is 0.